The van der Waals surface area contributed by atoms with Crippen molar-refractivity contribution < 1.29 is 19.1 Å². The van der Waals surface area contributed by atoms with Crippen LogP contribution in [0.4, 0.5) is 4.39 Å². The molecule has 0 saturated carbocycles. The Kier molecular flexibility index (Phi) is 5.33. The summed E-state index contributed by atoms with van der Waals surface area (Å²) in [5.74, 6) is 0.793. The highest BCUT2D eigenvalue weighted by Crippen LogP contribution is 2.29. The van der Waals surface area contributed by atoms with E-state index in [9.17, 15) is 9.50 Å². The van der Waals surface area contributed by atoms with Gasteiger partial charge in [0.05, 0.1) is 18.0 Å². The number of aliphatic hydroxyl groups excluding tert-OH is 2. The molecule has 2 N–H and O–H groups in total. The maximum Gasteiger partial charge on any atom is 0.239 e. The lowest BCUT2D eigenvalue weighted by molar-refractivity contribution is 0.113. The zero-order valence-electron chi connectivity index (χ0n) is 11.8. The van der Waals surface area contributed by atoms with Gasteiger partial charge in [-0.2, -0.15) is 4.98 Å². The average Bonchev–Trinajstić information content (AvgIpc) is 2.97. The molecule has 2 aromatic rings. The molecule has 0 aliphatic rings. The van der Waals surface area contributed by atoms with Gasteiger partial charge in [0.25, 0.3) is 0 Å². The molecule has 0 unspecified atom stereocenters. The first kappa shape index (κ1) is 15.9. The number of aromatic nitrogens is 2. The van der Waals surface area contributed by atoms with Crippen LogP contribution in [0, 0.1) is 12.7 Å². The topological polar surface area (TPSA) is 79.4 Å². The third-order valence-corrected chi connectivity index (χ3v) is 4.25. The highest BCUT2D eigenvalue weighted by atomic mass is 32.2. The van der Waals surface area contributed by atoms with Crippen molar-refractivity contribution in [2.45, 2.75) is 25.2 Å². The molecular weight excluding hydrogens is 295 g/mol. The monoisotopic (exact) mass is 312 g/mol. The lowest BCUT2D eigenvalue weighted by Gasteiger charge is -2.09. The van der Waals surface area contributed by atoms with Crippen LogP contribution in [0.15, 0.2) is 22.7 Å². The molecular formula is C14H17FN2O3S. The SMILES string of the molecule is Cc1ccc(-c2noc([C@@H](C)SC[C@@H](O)CO)n2)cc1F. The molecule has 5 nitrogen and oxygen atoms in total. The summed E-state index contributed by atoms with van der Waals surface area (Å²) < 4.78 is 18.7. The van der Waals surface area contributed by atoms with E-state index in [0.29, 0.717) is 28.6 Å². The first-order valence-electron chi connectivity index (χ1n) is 6.52. The Morgan fingerprint density at radius 3 is 2.86 bits per heavy atom. The normalized spacial score (nSPS) is 14.1. The van der Waals surface area contributed by atoms with Crippen molar-refractivity contribution in [1.29, 1.82) is 0 Å². The standard InChI is InChI=1S/C14H17FN2O3S/c1-8-3-4-10(5-12(8)15)13-16-14(20-17-13)9(2)21-7-11(19)6-18/h3-5,9,11,18-19H,6-7H2,1-2H3/t9-,11+/m1/s1. The zero-order valence-corrected chi connectivity index (χ0v) is 12.6. The molecule has 1 heterocycles. The number of aliphatic hydroxyl groups is 2. The van der Waals surface area contributed by atoms with Crippen molar-refractivity contribution in [2.75, 3.05) is 12.4 Å². The van der Waals surface area contributed by atoms with E-state index in [-0.39, 0.29) is 17.7 Å². The Bertz CT molecular complexity index is 606. The van der Waals surface area contributed by atoms with Gasteiger partial charge in [-0.1, -0.05) is 17.3 Å². The molecule has 21 heavy (non-hydrogen) atoms. The first-order valence-corrected chi connectivity index (χ1v) is 7.56. The van der Waals surface area contributed by atoms with Gasteiger partial charge in [0.1, 0.15) is 5.82 Å². The van der Waals surface area contributed by atoms with Crippen LogP contribution in [0.2, 0.25) is 0 Å². The Balaban J connectivity index is 2.08. The molecule has 0 aliphatic carbocycles. The van der Waals surface area contributed by atoms with Crippen molar-refractivity contribution in [1.82, 2.24) is 10.1 Å². The second kappa shape index (κ2) is 7.02. The van der Waals surface area contributed by atoms with Gasteiger partial charge in [0, 0.05) is 11.3 Å². The van der Waals surface area contributed by atoms with E-state index in [1.165, 1.54) is 17.8 Å². The van der Waals surface area contributed by atoms with Gasteiger partial charge in [0.2, 0.25) is 11.7 Å². The number of thioether (sulfide) groups is 1. The van der Waals surface area contributed by atoms with Crippen molar-refractivity contribution >= 4 is 11.8 Å². The van der Waals surface area contributed by atoms with Crippen LogP contribution in [0.5, 0.6) is 0 Å². The quantitative estimate of drug-likeness (QED) is 0.852. The van der Waals surface area contributed by atoms with E-state index >= 15 is 0 Å². The van der Waals surface area contributed by atoms with E-state index in [4.69, 9.17) is 9.63 Å². The Labute approximate surface area is 126 Å². The summed E-state index contributed by atoms with van der Waals surface area (Å²) in [5, 5.41) is 21.8. The van der Waals surface area contributed by atoms with Crippen LogP contribution in [0.1, 0.15) is 23.6 Å². The van der Waals surface area contributed by atoms with Gasteiger partial charge in [-0.15, -0.1) is 11.8 Å². The number of hydrogen-bond acceptors (Lipinski definition) is 6. The van der Waals surface area contributed by atoms with Gasteiger partial charge in [-0.3, -0.25) is 0 Å². The molecule has 1 aromatic heterocycles. The molecule has 0 fully saturated rings. The number of halogens is 1. The van der Waals surface area contributed by atoms with E-state index in [0.717, 1.165) is 0 Å². The number of aryl methyl sites for hydroxylation is 1. The van der Waals surface area contributed by atoms with Crippen LogP contribution in [-0.4, -0.2) is 38.8 Å². The molecule has 114 valence electrons. The third kappa shape index (κ3) is 4.03. The molecule has 0 aliphatic heterocycles. The molecule has 7 heteroatoms. The van der Waals surface area contributed by atoms with Gasteiger partial charge in [0.15, 0.2) is 0 Å². The molecule has 0 amide bonds. The van der Waals surface area contributed by atoms with Crippen LogP contribution in [0.3, 0.4) is 0 Å². The van der Waals surface area contributed by atoms with Crippen LogP contribution >= 0.6 is 11.8 Å². The fourth-order valence-corrected chi connectivity index (χ4v) is 2.48. The van der Waals surface area contributed by atoms with Crippen LogP contribution in [-0.2, 0) is 0 Å². The molecule has 2 atom stereocenters. The average molecular weight is 312 g/mol. The van der Waals surface area contributed by atoms with E-state index < -0.39 is 6.10 Å². The van der Waals surface area contributed by atoms with Gasteiger partial charge in [-0.25, -0.2) is 4.39 Å². The Morgan fingerprint density at radius 1 is 1.43 bits per heavy atom. The highest BCUT2D eigenvalue weighted by molar-refractivity contribution is 7.99. The van der Waals surface area contributed by atoms with Crippen LogP contribution in [0.25, 0.3) is 11.4 Å². The molecule has 0 radical (unpaired) electrons. The smallest absolute Gasteiger partial charge is 0.239 e. The second-order valence-corrected chi connectivity index (χ2v) is 6.11. The summed E-state index contributed by atoms with van der Waals surface area (Å²) in [6.45, 7) is 3.27. The van der Waals surface area contributed by atoms with E-state index in [1.54, 1.807) is 19.1 Å². The maximum atomic E-state index is 13.5. The minimum Gasteiger partial charge on any atom is -0.394 e. The second-order valence-electron chi connectivity index (χ2n) is 4.73. The predicted molar refractivity (Wildman–Crippen MR) is 78.4 cm³/mol. The molecule has 0 bridgehead atoms. The number of hydrogen-bond donors (Lipinski definition) is 2. The zero-order chi connectivity index (χ0) is 15.4. The summed E-state index contributed by atoms with van der Waals surface area (Å²) in [6, 6.07) is 4.77. The largest absolute Gasteiger partial charge is 0.394 e. The lowest BCUT2D eigenvalue weighted by Crippen LogP contribution is -2.15. The van der Waals surface area contributed by atoms with Crippen LogP contribution < -0.4 is 0 Å². The third-order valence-electron chi connectivity index (χ3n) is 2.97. The minimum absolute atomic E-state index is 0.122. The van der Waals surface area contributed by atoms with Crippen molar-refractivity contribution in [3.05, 3.63) is 35.5 Å². The number of benzene rings is 1. The van der Waals surface area contributed by atoms with Crippen molar-refractivity contribution in [3.63, 3.8) is 0 Å². The first-order chi connectivity index (χ1) is 10.0. The lowest BCUT2D eigenvalue weighted by atomic mass is 10.1. The van der Waals surface area contributed by atoms with Crippen molar-refractivity contribution in [3.8, 4) is 11.4 Å². The summed E-state index contributed by atoms with van der Waals surface area (Å²) in [5.41, 5.74) is 1.12. The summed E-state index contributed by atoms with van der Waals surface area (Å²) >= 11 is 1.40. The fourth-order valence-electron chi connectivity index (χ4n) is 1.63. The predicted octanol–water partition coefficient (Wildman–Crippen LogP) is 2.33. The molecule has 0 saturated heterocycles. The maximum absolute atomic E-state index is 13.5. The summed E-state index contributed by atoms with van der Waals surface area (Å²) in [6.07, 6.45) is -0.772. The van der Waals surface area contributed by atoms with E-state index in [1.807, 2.05) is 6.92 Å². The minimum atomic E-state index is -0.772. The number of nitrogens with zero attached hydrogens (tertiary/aromatic N) is 2. The summed E-state index contributed by atoms with van der Waals surface area (Å²) in [7, 11) is 0. The summed E-state index contributed by atoms with van der Waals surface area (Å²) in [4.78, 5) is 4.25. The number of rotatable bonds is 6. The molecule has 1 aromatic carbocycles. The molecule has 2 rings (SSSR count). The van der Waals surface area contributed by atoms with Gasteiger partial charge in [-0.05, 0) is 25.5 Å². The molecule has 0 spiro atoms. The van der Waals surface area contributed by atoms with Gasteiger partial charge < -0.3 is 14.7 Å². The van der Waals surface area contributed by atoms with Gasteiger partial charge >= 0.3 is 0 Å². The Morgan fingerprint density at radius 2 is 2.19 bits per heavy atom. The van der Waals surface area contributed by atoms with Crippen molar-refractivity contribution in [2.24, 2.45) is 0 Å². The fraction of sp³-hybridized carbons (Fsp3) is 0.429. The van der Waals surface area contributed by atoms with E-state index in [2.05, 4.69) is 10.1 Å². The Hall–Kier alpha value is -1.44. The highest BCUT2D eigenvalue weighted by Gasteiger charge is 2.17.